The number of benzene rings is 1. The number of carbonyl (C=O) groups is 1. The first kappa shape index (κ1) is 17.2. The molecule has 0 aliphatic heterocycles. The van der Waals surface area contributed by atoms with Crippen molar-refractivity contribution in [2.45, 2.75) is 19.4 Å². The van der Waals surface area contributed by atoms with Crippen molar-refractivity contribution in [2.24, 2.45) is 5.84 Å². The van der Waals surface area contributed by atoms with E-state index in [9.17, 15) is 20.0 Å². The van der Waals surface area contributed by atoms with Crippen molar-refractivity contribution < 1.29 is 14.8 Å². The molecular weight excluding hydrogens is 300 g/mol. The predicted octanol–water partition coefficient (Wildman–Crippen LogP) is 1.38. The molecule has 0 radical (unpaired) electrons. The molecule has 1 aromatic carbocycles. The van der Waals surface area contributed by atoms with Crippen LogP contribution in [0, 0.1) is 10.1 Å². The van der Waals surface area contributed by atoms with Gasteiger partial charge in [0.2, 0.25) is 0 Å². The number of nitrogen functional groups attached to an aromatic ring is 1. The van der Waals surface area contributed by atoms with Gasteiger partial charge in [0, 0.05) is 25.2 Å². The normalized spacial score (nSPS) is 11.9. The third-order valence-electron chi connectivity index (χ3n) is 2.89. The molecule has 1 amide bonds. The molecule has 0 aliphatic rings. The van der Waals surface area contributed by atoms with Crippen LogP contribution in [0.3, 0.4) is 0 Å². The topological polar surface area (TPSA) is 122 Å². The zero-order chi connectivity index (χ0) is 16.2. The predicted molar refractivity (Wildman–Crippen MR) is 79.2 cm³/mol. The average molecular weight is 317 g/mol. The number of nitrogens with two attached hydrogens (primary N) is 1. The van der Waals surface area contributed by atoms with Crippen molar-refractivity contribution in [1.29, 1.82) is 0 Å². The minimum Gasteiger partial charge on any atom is -0.393 e. The lowest BCUT2D eigenvalue weighted by molar-refractivity contribution is -0.384. The van der Waals surface area contributed by atoms with Gasteiger partial charge in [-0.2, -0.15) is 0 Å². The molecule has 1 rings (SSSR count). The van der Waals surface area contributed by atoms with Gasteiger partial charge >= 0.3 is 0 Å². The highest BCUT2D eigenvalue weighted by molar-refractivity contribution is 6.34. The summed E-state index contributed by atoms with van der Waals surface area (Å²) in [5.41, 5.74) is 1.80. The summed E-state index contributed by atoms with van der Waals surface area (Å²) in [4.78, 5) is 23.9. The number of amides is 1. The molecule has 0 fully saturated rings. The van der Waals surface area contributed by atoms with Crippen molar-refractivity contribution in [3.8, 4) is 0 Å². The van der Waals surface area contributed by atoms with E-state index >= 15 is 0 Å². The van der Waals surface area contributed by atoms with Crippen LogP contribution in [0.4, 0.5) is 11.4 Å². The van der Waals surface area contributed by atoms with E-state index in [4.69, 9.17) is 17.4 Å². The van der Waals surface area contributed by atoms with Crippen LogP contribution in [0.25, 0.3) is 0 Å². The number of nitro benzene ring substituents is 1. The summed E-state index contributed by atoms with van der Waals surface area (Å²) in [5, 5.41) is 20.2. The lowest BCUT2D eigenvalue weighted by Gasteiger charge is -2.18. The molecule has 9 heteroatoms. The molecule has 21 heavy (non-hydrogen) atoms. The highest BCUT2D eigenvalue weighted by Crippen LogP contribution is 2.33. The van der Waals surface area contributed by atoms with E-state index in [2.05, 4.69) is 5.43 Å². The molecule has 8 nitrogen and oxygen atoms in total. The van der Waals surface area contributed by atoms with Crippen molar-refractivity contribution >= 4 is 28.9 Å². The molecular formula is C12H17ClN4O4. The maximum atomic E-state index is 12.2. The molecule has 1 aromatic rings. The Balaban J connectivity index is 3.08. The Bertz CT molecular complexity index is 550. The van der Waals surface area contributed by atoms with Gasteiger partial charge in [0.05, 0.1) is 16.0 Å². The van der Waals surface area contributed by atoms with Gasteiger partial charge in [-0.05, 0) is 19.4 Å². The number of anilines is 1. The van der Waals surface area contributed by atoms with Crippen molar-refractivity contribution in [3.63, 3.8) is 0 Å². The third kappa shape index (κ3) is 4.28. The van der Waals surface area contributed by atoms with Crippen LogP contribution < -0.4 is 11.3 Å². The standard InChI is InChI=1S/C12H17ClN4O4/c1-7(18)3-4-16(2)12(19)8-5-9(13)11(15-14)10(6-8)17(20)21/h5-7,15,18H,3-4,14H2,1-2H3. The first-order valence-corrected chi connectivity index (χ1v) is 6.53. The van der Waals surface area contributed by atoms with Gasteiger partial charge in [-0.15, -0.1) is 0 Å². The second-order valence-corrected chi connectivity index (χ2v) is 5.03. The van der Waals surface area contributed by atoms with Crippen LogP contribution >= 0.6 is 11.6 Å². The van der Waals surface area contributed by atoms with Gasteiger partial charge in [-0.3, -0.25) is 20.8 Å². The number of aliphatic hydroxyl groups is 1. The summed E-state index contributed by atoms with van der Waals surface area (Å²) in [5.74, 6) is 4.77. The van der Waals surface area contributed by atoms with Gasteiger partial charge in [0.15, 0.2) is 0 Å². The number of hydrazine groups is 1. The Morgan fingerprint density at radius 3 is 2.71 bits per heavy atom. The number of rotatable bonds is 6. The number of halogens is 1. The number of nitrogens with zero attached hydrogens (tertiary/aromatic N) is 2. The summed E-state index contributed by atoms with van der Waals surface area (Å²) in [6.45, 7) is 1.93. The minimum atomic E-state index is -0.673. The Morgan fingerprint density at radius 1 is 1.62 bits per heavy atom. The Labute approximate surface area is 126 Å². The highest BCUT2D eigenvalue weighted by Gasteiger charge is 2.22. The summed E-state index contributed by atoms with van der Waals surface area (Å²) in [6, 6.07) is 2.42. The number of carbonyl (C=O) groups excluding carboxylic acids is 1. The zero-order valence-corrected chi connectivity index (χ0v) is 12.4. The van der Waals surface area contributed by atoms with E-state index in [0.717, 1.165) is 6.07 Å². The summed E-state index contributed by atoms with van der Waals surface area (Å²) in [6.07, 6.45) is -0.137. The summed E-state index contributed by atoms with van der Waals surface area (Å²) >= 11 is 5.90. The van der Waals surface area contributed by atoms with Crippen LogP contribution in [-0.4, -0.2) is 40.5 Å². The second-order valence-electron chi connectivity index (χ2n) is 4.62. The number of nitrogens with one attached hydrogen (secondary N) is 1. The van der Waals surface area contributed by atoms with Gasteiger partial charge in [-0.25, -0.2) is 0 Å². The summed E-state index contributed by atoms with van der Waals surface area (Å²) < 4.78 is 0. The molecule has 116 valence electrons. The number of nitro groups is 1. The third-order valence-corrected chi connectivity index (χ3v) is 3.18. The molecule has 0 spiro atoms. The summed E-state index contributed by atoms with van der Waals surface area (Å²) in [7, 11) is 1.54. The zero-order valence-electron chi connectivity index (χ0n) is 11.7. The lowest BCUT2D eigenvalue weighted by Crippen LogP contribution is -2.29. The molecule has 1 atom stereocenters. The minimum absolute atomic E-state index is 0.0148. The fraction of sp³-hybridized carbons (Fsp3) is 0.417. The monoisotopic (exact) mass is 316 g/mol. The van der Waals surface area contributed by atoms with E-state index in [-0.39, 0.29) is 22.0 Å². The fourth-order valence-corrected chi connectivity index (χ4v) is 1.97. The van der Waals surface area contributed by atoms with Crippen molar-refractivity contribution in [1.82, 2.24) is 4.90 Å². The van der Waals surface area contributed by atoms with Crippen LogP contribution in [0.5, 0.6) is 0 Å². The first-order chi connectivity index (χ1) is 9.77. The Kier molecular flexibility index (Phi) is 5.89. The second kappa shape index (κ2) is 7.21. The molecule has 0 heterocycles. The maximum Gasteiger partial charge on any atom is 0.295 e. The van der Waals surface area contributed by atoms with Gasteiger partial charge in [0.1, 0.15) is 5.69 Å². The van der Waals surface area contributed by atoms with Crippen LogP contribution in [0.1, 0.15) is 23.7 Å². The number of hydrogen-bond donors (Lipinski definition) is 3. The van der Waals surface area contributed by atoms with E-state index in [1.54, 1.807) is 14.0 Å². The number of hydrogen-bond acceptors (Lipinski definition) is 6. The van der Waals surface area contributed by atoms with Crippen molar-refractivity contribution in [2.75, 3.05) is 19.0 Å². The van der Waals surface area contributed by atoms with Crippen LogP contribution in [0.15, 0.2) is 12.1 Å². The first-order valence-electron chi connectivity index (χ1n) is 6.16. The quantitative estimate of drug-likeness (QED) is 0.414. The molecule has 0 aromatic heterocycles. The average Bonchev–Trinajstić information content (AvgIpc) is 2.42. The van der Waals surface area contributed by atoms with Crippen molar-refractivity contribution in [3.05, 3.63) is 32.8 Å². The van der Waals surface area contributed by atoms with E-state index in [0.29, 0.717) is 13.0 Å². The Hall–Kier alpha value is -1.90. The smallest absolute Gasteiger partial charge is 0.295 e. The molecule has 0 saturated carbocycles. The Morgan fingerprint density at radius 2 is 2.24 bits per heavy atom. The van der Waals surface area contributed by atoms with Gasteiger partial charge < -0.3 is 15.4 Å². The van der Waals surface area contributed by atoms with E-state index in [1.165, 1.54) is 11.0 Å². The largest absolute Gasteiger partial charge is 0.393 e. The lowest BCUT2D eigenvalue weighted by atomic mass is 10.1. The molecule has 1 unspecified atom stereocenters. The molecule has 0 aliphatic carbocycles. The SMILES string of the molecule is CC(O)CCN(C)C(=O)c1cc(Cl)c(NN)c([N+](=O)[O-])c1. The fourth-order valence-electron chi connectivity index (χ4n) is 1.70. The van der Waals surface area contributed by atoms with Crippen LogP contribution in [0.2, 0.25) is 5.02 Å². The van der Waals surface area contributed by atoms with Gasteiger partial charge in [0.25, 0.3) is 11.6 Å². The molecule has 0 saturated heterocycles. The highest BCUT2D eigenvalue weighted by atomic mass is 35.5. The maximum absolute atomic E-state index is 12.2. The van der Waals surface area contributed by atoms with E-state index < -0.39 is 16.9 Å². The van der Waals surface area contributed by atoms with Crippen LogP contribution in [-0.2, 0) is 0 Å². The molecule has 0 bridgehead atoms. The number of aliphatic hydroxyl groups excluding tert-OH is 1. The molecule has 4 N–H and O–H groups in total. The van der Waals surface area contributed by atoms with Gasteiger partial charge in [-0.1, -0.05) is 11.6 Å². The van der Waals surface area contributed by atoms with E-state index in [1.807, 2.05) is 0 Å².